The van der Waals surface area contributed by atoms with Crippen LogP contribution in [-0.2, 0) is 4.79 Å². The Morgan fingerprint density at radius 1 is 1.22 bits per heavy atom. The molecule has 2 rings (SSSR count). The Labute approximate surface area is 139 Å². The van der Waals surface area contributed by atoms with Crippen molar-refractivity contribution in [2.45, 2.75) is 39.0 Å². The molecule has 1 aliphatic rings. The van der Waals surface area contributed by atoms with Crippen LogP contribution in [0.25, 0.3) is 0 Å². The van der Waals surface area contributed by atoms with Crippen LogP contribution in [0, 0.1) is 12.8 Å². The first-order chi connectivity index (χ1) is 10.9. The monoisotopic (exact) mass is 336 g/mol. The number of carboxylic acid groups (broad SMARTS) is 1. The molecule has 1 aromatic rings. The third-order valence-electron chi connectivity index (χ3n) is 4.00. The third-order valence-corrected chi connectivity index (χ3v) is 4.21. The fraction of sp³-hybridized carbons (Fsp3) is 0.438. The lowest BCUT2D eigenvalue weighted by Crippen LogP contribution is -2.39. The van der Waals surface area contributed by atoms with Crippen molar-refractivity contribution < 1.29 is 19.8 Å². The number of hydrogen-bond acceptors (Lipinski definition) is 4. The van der Waals surface area contributed by atoms with Gasteiger partial charge in [0.2, 0.25) is 5.91 Å². The molecule has 1 saturated carbocycles. The predicted octanol–water partition coefficient (Wildman–Crippen LogP) is 2.79. The summed E-state index contributed by atoms with van der Waals surface area (Å²) in [4.78, 5) is 23.2. The van der Waals surface area contributed by atoms with Gasteiger partial charge in [-0.05, 0) is 49.7 Å². The normalized spacial score (nSPS) is 15.0. The highest BCUT2D eigenvalue weighted by molar-refractivity contribution is 7.80. The zero-order valence-electron chi connectivity index (χ0n) is 12.9. The molecule has 1 aromatic carbocycles. The van der Waals surface area contributed by atoms with Crippen molar-refractivity contribution >= 4 is 34.9 Å². The highest BCUT2D eigenvalue weighted by Gasteiger charge is 2.22. The second kappa shape index (κ2) is 7.41. The highest BCUT2D eigenvalue weighted by atomic mass is 32.1. The Balaban J connectivity index is 2.02. The number of carbonyl (C=O) groups excluding carboxylic acids is 1. The summed E-state index contributed by atoms with van der Waals surface area (Å²) in [5.41, 5.74) is 0.606. The SMILES string of the molecule is Cc1cc(NC(=S)NC(=O)C2CCCCC2)cc(C(=O)O)c1O. The van der Waals surface area contributed by atoms with Gasteiger partial charge in [0, 0.05) is 11.6 Å². The molecule has 0 radical (unpaired) electrons. The lowest BCUT2D eigenvalue weighted by atomic mass is 9.89. The first-order valence-electron chi connectivity index (χ1n) is 7.57. The Bertz CT molecular complexity index is 639. The summed E-state index contributed by atoms with van der Waals surface area (Å²) in [5.74, 6) is -1.62. The average Bonchev–Trinajstić information content (AvgIpc) is 2.51. The number of anilines is 1. The summed E-state index contributed by atoms with van der Waals surface area (Å²) < 4.78 is 0. The van der Waals surface area contributed by atoms with Gasteiger partial charge in [-0.1, -0.05) is 19.3 Å². The average molecular weight is 336 g/mol. The molecular formula is C16H20N2O4S. The molecule has 23 heavy (non-hydrogen) atoms. The summed E-state index contributed by atoms with van der Waals surface area (Å²) in [7, 11) is 0. The molecule has 124 valence electrons. The van der Waals surface area contributed by atoms with E-state index in [1.54, 1.807) is 13.0 Å². The number of aryl methyl sites for hydroxylation is 1. The van der Waals surface area contributed by atoms with Gasteiger partial charge in [-0.3, -0.25) is 4.79 Å². The minimum absolute atomic E-state index is 0.0142. The van der Waals surface area contributed by atoms with E-state index in [1.165, 1.54) is 6.07 Å². The van der Waals surface area contributed by atoms with Crippen molar-refractivity contribution in [3.8, 4) is 5.75 Å². The van der Waals surface area contributed by atoms with Crippen LogP contribution in [-0.4, -0.2) is 27.2 Å². The lowest BCUT2D eigenvalue weighted by Gasteiger charge is -2.21. The van der Waals surface area contributed by atoms with Crippen molar-refractivity contribution in [1.82, 2.24) is 5.32 Å². The van der Waals surface area contributed by atoms with Crippen LogP contribution in [0.4, 0.5) is 5.69 Å². The van der Waals surface area contributed by atoms with E-state index in [9.17, 15) is 14.7 Å². The molecule has 7 heteroatoms. The first kappa shape index (κ1) is 17.2. The van der Waals surface area contributed by atoms with Gasteiger partial charge in [0.25, 0.3) is 0 Å². The highest BCUT2D eigenvalue weighted by Crippen LogP contribution is 2.27. The molecule has 0 aromatic heterocycles. The van der Waals surface area contributed by atoms with E-state index < -0.39 is 5.97 Å². The van der Waals surface area contributed by atoms with Crippen LogP contribution in [0.5, 0.6) is 5.75 Å². The molecule has 1 aliphatic carbocycles. The van der Waals surface area contributed by atoms with E-state index in [4.69, 9.17) is 17.3 Å². The van der Waals surface area contributed by atoms with Gasteiger partial charge < -0.3 is 20.8 Å². The zero-order chi connectivity index (χ0) is 17.0. The standard InChI is InChI=1S/C16H20N2O4S/c1-9-7-11(8-12(13(9)19)15(21)22)17-16(23)18-14(20)10-5-3-2-4-6-10/h7-8,10,19H,2-6H2,1H3,(H,21,22)(H2,17,18,20,23). The van der Waals surface area contributed by atoms with E-state index in [0.29, 0.717) is 11.3 Å². The van der Waals surface area contributed by atoms with Crippen LogP contribution < -0.4 is 10.6 Å². The Kier molecular flexibility index (Phi) is 5.54. The zero-order valence-corrected chi connectivity index (χ0v) is 13.7. The number of aromatic carboxylic acids is 1. The summed E-state index contributed by atoms with van der Waals surface area (Å²) in [6.45, 7) is 1.59. The molecule has 1 amide bonds. The summed E-state index contributed by atoms with van der Waals surface area (Å²) >= 11 is 5.11. The van der Waals surface area contributed by atoms with E-state index in [-0.39, 0.29) is 28.3 Å². The largest absolute Gasteiger partial charge is 0.507 e. The molecule has 0 saturated heterocycles. The number of nitrogens with one attached hydrogen (secondary N) is 2. The Morgan fingerprint density at radius 3 is 2.48 bits per heavy atom. The van der Waals surface area contributed by atoms with Crippen molar-refractivity contribution in [1.29, 1.82) is 0 Å². The molecule has 0 atom stereocenters. The maximum Gasteiger partial charge on any atom is 0.339 e. The second-order valence-electron chi connectivity index (χ2n) is 5.77. The molecule has 4 N–H and O–H groups in total. The molecule has 0 bridgehead atoms. The number of aromatic hydroxyl groups is 1. The van der Waals surface area contributed by atoms with Gasteiger partial charge in [-0.25, -0.2) is 4.79 Å². The number of carbonyl (C=O) groups is 2. The fourth-order valence-electron chi connectivity index (χ4n) is 2.76. The topological polar surface area (TPSA) is 98.7 Å². The number of thiocarbonyl (C=S) groups is 1. The summed E-state index contributed by atoms with van der Waals surface area (Å²) in [6.07, 6.45) is 5.01. The number of hydrogen-bond donors (Lipinski definition) is 4. The molecule has 0 unspecified atom stereocenters. The smallest absolute Gasteiger partial charge is 0.339 e. The molecule has 0 heterocycles. The van der Waals surface area contributed by atoms with Gasteiger partial charge in [-0.2, -0.15) is 0 Å². The van der Waals surface area contributed by atoms with Gasteiger partial charge in [-0.15, -0.1) is 0 Å². The van der Waals surface area contributed by atoms with Crippen molar-refractivity contribution in [3.05, 3.63) is 23.3 Å². The van der Waals surface area contributed by atoms with Gasteiger partial charge in [0.05, 0.1) is 0 Å². The minimum Gasteiger partial charge on any atom is -0.507 e. The van der Waals surface area contributed by atoms with Crippen molar-refractivity contribution in [3.63, 3.8) is 0 Å². The van der Waals surface area contributed by atoms with E-state index in [1.807, 2.05) is 0 Å². The number of benzene rings is 1. The molecule has 1 fully saturated rings. The maximum atomic E-state index is 12.1. The predicted molar refractivity (Wildman–Crippen MR) is 90.7 cm³/mol. The fourth-order valence-corrected chi connectivity index (χ4v) is 2.97. The van der Waals surface area contributed by atoms with E-state index in [0.717, 1.165) is 32.1 Å². The lowest BCUT2D eigenvalue weighted by molar-refractivity contribution is -0.124. The van der Waals surface area contributed by atoms with Crippen LogP contribution in [0.2, 0.25) is 0 Å². The van der Waals surface area contributed by atoms with Crippen LogP contribution in [0.3, 0.4) is 0 Å². The maximum absolute atomic E-state index is 12.1. The number of rotatable bonds is 3. The minimum atomic E-state index is -1.23. The Hall–Kier alpha value is -2.15. The van der Waals surface area contributed by atoms with Gasteiger partial charge >= 0.3 is 5.97 Å². The van der Waals surface area contributed by atoms with Gasteiger partial charge in [0.15, 0.2) is 5.11 Å². The van der Waals surface area contributed by atoms with Gasteiger partial charge in [0.1, 0.15) is 11.3 Å². The number of phenols is 1. The third kappa shape index (κ3) is 4.41. The van der Waals surface area contributed by atoms with Crippen LogP contribution in [0.15, 0.2) is 12.1 Å². The molecule has 6 nitrogen and oxygen atoms in total. The van der Waals surface area contributed by atoms with Crippen LogP contribution in [0.1, 0.15) is 48.0 Å². The summed E-state index contributed by atoms with van der Waals surface area (Å²) in [6, 6.07) is 2.85. The first-order valence-corrected chi connectivity index (χ1v) is 7.98. The number of amides is 1. The molecule has 0 spiro atoms. The van der Waals surface area contributed by atoms with E-state index >= 15 is 0 Å². The molecule has 0 aliphatic heterocycles. The Morgan fingerprint density at radius 2 is 1.87 bits per heavy atom. The van der Waals surface area contributed by atoms with Crippen molar-refractivity contribution in [2.24, 2.45) is 5.92 Å². The second-order valence-corrected chi connectivity index (χ2v) is 6.18. The van der Waals surface area contributed by atoms with E-state index in [2.05, 4.69) is 10.6 Å². The molecular weight excluding hydrogens is 316 g/mol. The summed E-state index contributed by atoms with van der Waals surface area (Å²) in [5, 5.41) is 24.4. The van der Waals surface area contributed by atoms with Crippen molar-refractivity contribution in [2.75, 3.05) is 5.32 Å². The quantitative estimate of drug-likeness (QED) is 0.500. The van der Waals surface area contributed by atoms with Crippen LogP contribution >= 0.6 is 12.2 Å². The number of carboxylic acids is 1.